The Bertz CT molecular complexity index is 1190. The lowest BCUT2D eigenvalue weighted by atomic mass is 9.66. The molecule has 2 aliphatic heterocycles. The van der Waals surface area contributed by atoms with E-state index in [9.17, 15) is 23.9 Å². The van der Waals surface area contributed by atoms with E-state index in [-0.39, 0.29) is 40.9 Å². The van der Waals surface area contributed by atoms with Crippen molar-refractivity contribution in [1.29, 1.82) is 0 Å². The van der Waals surface area contributed by atoms with Crippen LogP contribution in [0, 0.1) is 17.2 Å². The number of Topliss-reactive ketones (excluding diaryl/α,β-unsaturated/α-hetero) is 1. The van der Waals surface area contributed by atoms with E-state index >= 15 is 0 Å². The summed E-state index contributed by atoms with van der Waals surface area (Å²) < 4.78 is 21.6. The van der Waals surface area contributed by atoms with E-state index in [1.807, 2.05) is 6.92 Å². The maximum Gasteiger partial charge on any atom is 0.257 e. The fourth-order valence-corrected chi connectivity index (χ4v) is 4.83. The van der Waals surface area contributed by atoms with Crippen molar-refractivity contribution in [1.82, 2.24) is 9.88 Å². The molecule has 1 saturated heterocycles. The second kappa shape index (κ2) is 7.71. The molecule has 32 heavy (non-hydrogen) atoms. The number of nitrogens with one attached hydrogen (secondary N) is 1. The summed E-state index contributed by atoms with van der Waals surface area (Å²) in [7, 11) is 0. The van der Waals surface area contributed by atoms with E-state index in [4.69, 9.17) is 16.3 Å². The van der Waals surface area contributed by atoms with E-state index in [0.29, 0.717) is 13.0 Å². The minimum Gasteiger partial charge on any atom is -0.503 e. The summed E-state index contributed by atoms with van der Waals surface area (Å²) in [4.78, 5) is 38.8. The standard InChI is InChI=1S/C23H24ClFN2O5/c1-12-7-23(32-10-12)11-27-9-14(18(28)19(29)17(27)20(30)22(23,2)3)21(31)26-8-13-5-4-6-15(24)16(13)25/h4-6,9,12,29H,7-8,10-11H2,1-3H3,(H,26,31). The molecule has 0 bridgehead atoms. The zero-order chi connectivity index (χ0) is 23.4. The average molecular weight is 463 g/mol. The number of ketones is 1. The van der Waals surface area contributed by atoms with Crippen LogP contribution >= 0.6 is 11.6 Å². The number of carbonyl (C=O) groups excluding carboxylic acids is 2. The first-order valence-electron chi connectivity index (χ1n) is 10.3. The normalized spacial score (nSPS) is 23.9. The van der Waals surface area contributed by atoms with Crippen LogP contribution in [0.25, 0.3) is 0 Å². The van der Waals surface area contributed by atoms with Crippen LogP contribution in [0.1, 0.15) is 53.6 Å². The number of fused-ring (bicyclic) bond motifs is 1. The molecule has 1 aromatic carbocycles. The summed E-state index contributed by atoms with van der Waals surface area (Å²) >= 11 is 5.76. The van der Waals surface area contributed by atoms with Crippen LogP contribution in [0.3, 0.4) is 0 Å². The summed E-state index contributed by atoms with van der Waals surface area (Å²) in [6.07, 6.45) is 1.90. The molecule has 0 saturated carbocycles. The Kier molecular flexibility index (Phi) is 5.41. The largest absolute Gasteiger partial charge is 0.503 e. The highest BCUT2D eigenvalue weighted by molar-refractivity contribution is 6.30. The molecule has 170 valence electrons. The van der Waals surface area contributed by atoms with Gasteiger partial charge in [-0.3, -0.25) is 14.4 Å². The summed E-state index contributed by atoms with van der Waals surface area (Å²) in [6.45, 7) is 6.03. The Morgan fingerprint density at radius 1 is 1.38 bits per heavy atom. The summed E-state index contributed by atoms with van der Waals surface area (Å²) in [5.41, 5.74) is -3.06. The number of ether oxygens (including phenoxy) is 1. The van der Waals surface area contributed by atoms with Crippen LogP contribution in [0.4, 0.5) is 4.39 Å². The Morgan fingerprint density at radius 2 is 2.09 bits per heavy atom. The first-order valence-corrected chi connectivity index (χ1v) is 10.7. The molecule has 1 fully saturated rings. The van der Waals surface area contributed by atoms with Crippen LogP contribution in [0.5, 0.6) is 5.75 Å². The molecular formula is C23H24ClFN2O5. The smallest absolute Gasteiger partial charge is 0.257 e. The van der Waals surface area contributed by atoms with Gasteiger partial charge in [0.25, 0.3) is 5.91 Å². The van der Waals surface area contributed by atoms with E-state index in [1.165, 1.54) is 22.9 Å². The van der Waals surface area contributed by atoms with E-state index in [1.54, 1.807) is 19.9 Å². The first-order chi connectivity index (χ1) is 15.0. The summed E-state index contributed by atoms with van der Waals surface area (Å²) in [5, 5.41) is 13.0. The van der Waals surface area contributed by atoms with Crippen LogP contribution in [0.15, 0.2) is 29.2 Å². The number of carbonyl (C=O) groups is 2. The van der Waals surface area contributed by atoms with Gasteiger partial charge in [0, 0.05) is 18.3 Å². The van der Waals surface area contributed by atoms with Crippen LogP contribution in [0.2, 0.25) is 5.02 Å². The molecule has 1 spiro atoms. The second-order valence-corrected chi connectivity index (χ2v) is 9.57. The lowest BCUT2D eigenvalue weighted by molar-refractivity contribution is -0.0878. The molecular weight excluding hydrogens is 439 g/mol. The maximum absolute atomic E-state index is 14.1. The van der Waals surface area contributed by atoms with Gasteiger partial charge in [-0.2, -0.15) is 0 Å². The topological polar surface area (TPSA) is 97.6 Å². The Labute approximate surface area is 189 Å². The monoisotopic (exact) mass is 462 g/mol. The van der Waals surface area contributed by atoms with Gasteiger partial charge in [0.05, 0.1) is 29.2 Å². The number of amides is 1. The molecule has 7 nitrogen and oxygen atoms in total. The third-order valence-electron chi connectivity index (χ3n) is 6.64. The lowest BCUT2D eigenvalue weighted by Crippen LogP contribution is -2.57. The number of aromatic hydroxyl groups is 1. The molecule has 2 aromatic rings. The molecule has 2 N–H and O–H groups in total. The number of rotatable bonds is 3. The second-order valence-electron chi connectivity index (χ2n) is 9.16. The number of benzene rings is 1. The van der Waals surface area contributed by atoms with Gasteiger partial charge in [-0.15, -0.1) is 0 Å². The zero-order valence-corrected chi connectivity index (χ0v) is 18.8. The van der Waals surface area contributed by atoms with Crippen molar-refractivity contribution in [2.24, 2.45) is 11.3 Å². The molecule has 0 radical (unpaired) electrons. The summed E-state index contributed by atoms with van der Waals surface area (Å²) in [5.74, 6) is -2.41. The van der Waals surface area contributed by atoms with Gasteiger partial charge in [0.1, 0.15) is 17.1 Å². The third-order valence-corrected chi connectivity index (χ3v) is 6.93. The predicted molar refractivity (Wildman–Crippen MR) is 116 cm³/mol. The Hall–Kier alpha value is -2.71. The number of hydrogen-bond donors (Lipinski definition) is 2. The minimum absolute atomic E-state index is 0.0829. The molecule has 1 amide bonds. The molecule has 4 rings (SSSR count). The van der Waals surface area contributed by atoms with Gasteiger partial charge < -0.3 is 19.7 Å². The van der Waals surface area contributed by atoms with Crippen molar-refractivity contribution in [3.05, 3.63) is 62.3 Å². The van der Waals surface area contributed by atoms with Crippen LogP contribution < -0.4 is 10.7 Å². The Balaban J connectivity index is 1.70. The minimum atomic E-state index is -0.963. The number of aromatic nitrogens is 1. The quantitative estimate of drug-likeness (QED) is 0.729. The fraction of sp³-hybridized carbons (Fsp3) is 0.435. The van der Waals surface area contributed by atoms with Gasteiger partial charge in [-0.05, 0) is 32.3 Å². The summed E-state index contributed by atoms with van der Waals surface area (Å²) in [6, 6.07) is 4.39. The third kappa shape index (κ3) is 3.33. The van der Waals surface area contributed by atoms with Gasteiger partial charge in [0.2, 0.25) is 5.43 Å². The van der Waals surface area contributed by atoms with E-state index < -0.39 is 39.7 Å². The lowest BCUT2D eigenvalue weighted by Gasteiger charge is -2.47. The first kappa shape index (κ1) is 22.5. The zero-order valence-electron chi connectivity index (χ0n) is 18.0. The molecule has 2 aliphatic rings. The van der Waals surface area contributed by atoms with E-state index in [0.717, 1.165) is 0 Å². The van der Waals surface area contributed by atoms with Crippen LogP contribution in [-0.4, -0.2) is 33.6 Å². The number of hydrogen-bond acceptors (Lipinski definition) is 5. The van der Waals surface area contributed by atoms with E-state index in [2.05, 4.69) is 5.32 Å². The number of pyridine rings is 1. The van der Waals surface area contributed by atoms with Crippen molar-refractivity contribution in [3.8, 4) is 5.75 Å². The number of nitrogens with zero attached hydrogens (tertiary/aromatic N) is 1. The Morgan fingerprint density at radius 3 is 2.75 bits per heavy atom. The molecule has 3 heterocycles. The van der Waals surface area contributed by atoms with Gasteiger partial charge in [0.15, 0.2) is 11.5 Å². The van der Waals surface area contributed by atoms with Gasteiger partial charge in [-0.1, -0.05) is 30.7 Å². The molecule has 1 aromatic heterocycles. The molecule has 2 atom stereocenters. The SMILES string of the molecule is CC1COC2(C1)Cn1cc(C(=O)NCc3cccc(Cl)c3F)c(=O)c(O)c1C(=O)C2(C)C. The van der Waals surface area contributed by atoms with Crippen molar-refractivity contribution >= 4 is 23.3 Å². The highest BCUT2D eigenvalue weighted by Crippen LogP contribution is 2.50. The van der Waals surface area contributed by atoms with Crippen molar-refractivity contribution in [3.63, 3.8) is 0 Å². The molecule has 2 unspecified atom stereocenters. The van der Waals surface area contributed by atoms with Gasteiger partial charge >= 0.3 is 0 Å². The van der Waals surface area contributed by atoms with Crippen LogP contribution in [-0.2, 0) is 17.8 Å². The molecule has 9 heteroatoms. The predicted octanol–water partition coefficient (Wildman–Crippen LogP) is 3.29. The molecule has 0 aliphatic carbocycles. The fourth-order valence-electron chi connectivity index (χ4n) is 4.63. The average Bonchev–Trinajstić information content (AvgIpc) is 3.12. The highest BCUT2D eigenvalue weighted by Gasteiger charge is 2.58. The van der Waals surface area contributed by atoms with Gasteiger partial charge in [-0.25, -0.2) is 4.39 Å². The van der Waals surface area contributed by atoms with Crippen molar-refractivity contribution in [2.75, 3.05) is 6.61 Å². The van der Waals surface area contributed by atoms with Crippen molar-refractivity contribution < 1.29 is 23.8 Å². The van der Waals surface area contributed by atoms with Crippen molar-refractivity contribution in [2.45, 2.75) is 45.9 Å². The number of halogens is 2. The maximum atomic E-state index is 14.1. The highest BCUT2D eigenvalue weighted by atomic mass is 35.5.